The average Bonchev–Trinajstić information content (AvgIpc) is 2.92. The number of nitrogen functional groups attached to an aromatic ring is 1. The largest absolute Gasteiger partial charge is 0.382 e. The van der Waals surface area contributed by atoms with E-state index >= 15 is 0 Å². The van der Waals surface area contributed by atoms with Crippen LogP contribution in [-0.4, -0.2) is 21.6 Å². The standard InChI is InChI=1S/C17H15N3OS/c1-22-17-19-16(18)14(15(21)12-8-4-2-5-9-12)20(17)13-10-6-3-7-11-13/h2-11H,18H2,1H3. The maximum Gasteiger partial charge on any atom is 0.213 e. The molecule has 1 heterocycles. The molecule has 110 valence electrons. The van der Waals surface area contributed by atoms with Crippen LogP contribution < -0.4 is 5.73 Å². The molecule has 0 saturated heterocycles. The lowest BCUT2D eigenvalue weighted by Gasteiger charge is -2.10. The van der Waals surface area contributed by atoms with Gasteiger partial charge >= 0.3 is 0 Å². The van der Waals surface area contributed by atoms with Crippen molar-refractivity contribution in [3.05, 3.63) is 71.9 Å². The van der Waals surface area contributed by atoms with Crippen LogP contribution in [0.5, 0.6) is 0 Å². The lowest BCUT2D eigenvalue weighted by atomic mass is 10.1. The molecule has 22 heavy (non-hydrogen) atoms. The first-order valence-corrected chi connectivity index (χ1v) is 8.02. The zero-order chi connectivity index (χ0) is 15.5. The van der Waals surface area contributed by atoms with Gasteiger partial charge in [-0.15, -0.1) is 0 Å². The summed E-state index contributed by atoms with van der Waals surface area (Å²) in [5.41, 5.74) is 7.90. The minimum absolute atomic E-state index is 0.130. The second-order valence-electron chi connectivity index (χ2n) is 4.70. The fourth-order valence-electron chi connectivity index (χ4n) is 2.31. The number of anilines is 1. The van der Waals surface area contributed by atoms with Gasteiger partial charge in [-0.25, -0.2) is 4.98 Å². The highest BCUT2D eigenvalue weighted by atomic mass is 32.2. The van der Waals surface area contributed by atoms with E-state index in [1.807, 2.05) is 59.4 Å². The lowest BCUT2D eigenvalue weighted by Crippen LogP contribution is -2.11. The maximum absolute atomic E-state index is 12.8. The Morgan fingerprint density at radius 1 is 1.05 bits per heavy atom. The van der Waals surface area contributed by atoms with E-state index in [2.05, 4.69) is 4.98 Å². The van der Waals surface area contributed by atoms with Gasteiger partial charge in [-0.05, 0) is 18.4 Å². The zero-order valence-corrected chi connectivity index (χ0v) is 12.9. The average molecular weight is 309 g/mol. The van der Waals surface area contributed by atoms with Gasteiger partial charge in [0, 0.05) is 11.3 Å². The third kappa shape index (κ3) is 2.51. The number of nitrogens with zero attached hydrogens (tertiary/aromatic N) is 2. The molecule has 0 saturated carbocycles. The van der Waals surface area contributed by atoms with E-state index in [-0.39, 0.29) is 11.6 Å². The van der Waals surface area contributed by atoms with Gasteiger partial charge < -0.3 is 5.73 Å². The van der Waals surface area contributed by atoms with Crippen molar-refractivity contribution in [1.82, 2.24) is 9.55 Å². The van der Waals surface area contributed by atoms with E-state index in [1.54, 1.807) is 12.1 Å². The number of benzene rings is 2. The van der Waals surface area contributed by atoms with Gasteiger partial charge in [0.05, 0.1) is 0 Å². The highest BCUT2D eigenvalue weighted by Crippen LogP contribution is 2.27. The Balaban J connectivity index is 2.20. The van der Waals surface area contributed by atoms with Crippen molar-refractivity contribution >= 4 is 23.4 Å². The van der Waals surface area contributed by atoms with E-state index in [4.69, 9.17) is 5.73 Å². The Morgan fingerprint density at radius 2 is 1.64 bits per heavy atom. The van der Waals surface area contributed by atoms with Crippen LogP contribution >= 0.6 is 11.8 Å². The molecule has 2 aromatic carbocycles. The number of hydrogen-bond donors (Lipinski definition) is 1. The van der Waals surface area contributed by atoms with Crippen LogP contribution in [0.4, 0.5) is 5.82 Å². The Labute approximate surface area is 133 Å². The fraction of sp³-hybridized carbons (Fsp3) is 0.0588. The molecule has 0 aliphatic rings. The summed E-state index contributed by atoms with van der Waals surface area (Å²) in [6.07, 6.45) is 1.91. The van der Waals surface area contributed by atoms with Crippen molar-refractivity contribution in [1.29, 1.82) is 0 Å². The van der Waals surface area contributed by atoms with Crippen molar-refractivity contribution in [3.63, 3.8) is 0 Å². The summed E-state index contributed by atoms with van der Waals surface area (Å²) in [5.74, 6) is 0.122. The number of hydrogen-bond acceptors (Lipinski definition) is 4. The molecule has 0 spiro atoms. The molecule has 0 unspecified atom stereocenters. The van der Waals surface area contributed by atoms with E-state index in [9.17, 15) is 4.79 Å². The molecule has 0 radical (unpaired) electrons. The molecule has 5 heteroatoms. The van der Waals surface area contributed by atoms with Crippen molar-refractivity contribution in [2.45, 2.75) is 5.16 Å². The Kier molecular flexibility index (Phi) is 3.98. The molecule has 1 aromatic heterocycles. The minimum atomic E-state index is -0.130. The maximum atomic E-state index is 12.8. The lowest BCUT2D eigenvalue weighted by molar-refractivity contribution is 0.103. The van der Waals surface area contributed by atoms with E-state index in [0.717, 1.165) is 5.69 Å². The number of rotatable bonds is 4. The minimum Gasteiger partial charge on any atom is -0.382 e. The SMILES string of the molecule is CSc1nc(N)c(C(=O)c2ccccc2)n1-c1ccccc1. The smallest absolute Gasteiger partial charge is 0.213 e. The van der Waals surface area contributed by atoms with Crippen molar-refractivity contribution < 1.29 is 4.79 Å². The first-order valence-electron chi connectivity index (χ1n) is 6.79. The Hall–Kier alpha value is -2.53. The zero-order valence-electron chi connectivity index (χ0n) is 12.1. The molecule has 0 bridgehead atoms. The van der Waals surface area contributed by atoms with Crippen molar-refractivity contribution in [2.24, 2.45) is 0 Å². The highest BCUT2D eigenvalue weighted by molar-refractivity contribution is 7.98. The monoisotopic (exact) mass is 309 g/mol. The molecule has 4 nitrogen and oxygen atoms in total. The summed E-state index contributed by atoms with van der Waals surface area (Å²) in [6.45, 7) is 0. The van der Waals surface area contributed by atoms with Crippen LogP contribution in [0.3, 0.4) is 0 Å². The second kappa shape index (κ2) is 6.07. The molecule has 0 aliphatic carbocycles. The number of imidazole rings is 1. The summed E-state index contributed by atoms with van der Waals surface area (Å²) in [5, 5.41) is 0.697. The third-order valence-electron chi connectivity index (χ3n) is 3.32. The van der Waals surface area contributed by atoms with Crippen LogP contribution in [0.2, 0.25) is 0 Å². The summed E-state index contributed by atoms with van der Waals surface area (Å²) in [6, 6.07) is 18.8. The number of ketones is 1. The van der Waals surface area contributed by atoms with Crippen molar-refractivity contribution in [3.8, 4) is 5.69 Å². The van der Waals surface area contributed by atoms with Gasteiger partial charge in [-0.3, -0.25) is 9.36 Å². The van der Waals surface area contributed by atoms with Gasteiger partial charge in [0.2, 0.25) is 5.78 Å². The first-order chi connectivity index (χ1) is 10.7. The number of nitrogens with two attached hydrogens (primary N) is 1. The molecule has 0 fully saturated rings. The Bertz CT molecular complexity index is 798. The molecule has 0 amide bonds. The van der Waals surface area contributed by atoms with Gasteiger partial charge in [0.25, 0.3) is 0 Å². The van der Waals surface area contributed by atoms with Crippen LogP contribution in [0.15, 0.2) is 65.8 Å². The molecule has 2 N–H and O–H groups in total. The Morgan fingerprint density at radius 3 is 2.23 bits per heavy atom. The summed E-state index contributed by atoms with van der Waals surface area (Å²) < 4.78 is 1.81. The number of thioether (sulfide) groups is 1. The predicted octanol–water partition coefficient (Wildman–Crippen LogP) is 3.41. The second-order valence-corrected chi connectivity index (χ2v) is 5.47. The number of para-hydroxylation sites is 1. The number of aromatic nitrogens is 2. The van der Waals surface area contributed by atoms with Gasteiger partial charge in [-0.2, -0.15) is 0 Å². The van der Waals surface area contributed by atoms with Crippen molar-refractivity contribution in [2.75, 3.05) is 12.0 Å². The highest BCUT2D eigenvalue weighted by Gasteiger charge is 2.23. The van der Waals surface area contributed by atoms with Crippen LogP contribution in [0.25, 0.3) is 5.69 Å². The van der Waals surface area contributed by atoms with Gasteiger partial charge in [0.15, 0.2) is 11.0 Å². The normalized spacial score (nSPS) is 10.6. The molecule has 3 aromatic rings. The quantitative estimate of drug-likeness (QED) is 0.592. The number of carbonyl (C=O) groups excluding carboxylic acids is 1. The summed E-state index contributed by atoms with van der Waals surface area (Å²) in [4.78, 5) is 17.2. The third-order valence-corrected chi connectivity index (χ3v) is 3.96. The van der Waals surface area contributed by atoms with E-state index in [0.29, 0.717) is 16.4 Å². The molecule has 0 atom stereocenters. The molecular weight excluding hydrogens is 294 g/mol. The first kappa shape index (κ1) is 14.4. The van der Waals surface area contributed by atoms with E-state index in [1.165, 1.54) is 11.8 Å². The van der Waals surface area contributed by atoms with Crippen LogP contribution in [-0.2, 0) is 0 Å². The van der Waals surface area contributed by atoms with Gasteiger partial charge in [-0.1, -0.05) is 60.3 Å². The summed E-state index contributed by atoms with van der Waals surface area (Å²) in [7, 11) is 0. The summed E-state index contributed by atoms with van der Waals surface area (Å²) >= 11 is 1.46. The van der Waals surface area contributed by atoms with Gasteiger partial charge in [0.1, 0.15) is 5.69 Å². The fourth-order valence-corrected chi connectivity index (χ4v) is 2.88. The molecule has 0 aliphatic heterocycles. The van der Waals surface area contributed by atoms with E-state index < -0.39 is 0 Å². The topological polar surface area (TPSA) is 60.9 Å². The van der Waals surface area contributed by atoms with Crippen LogP contribution in [0.1, 0.15) is 16.1 Å². The number of carbonyl (C=O) groups is 1. The van der Waals surface area contributed by atoms with Crippen LogP contribution in [0, 0.1) is 0 Å². The molecule has 3 rings (SSSR count). The predicted molar refractivity (Wildman–Crippen MR) is 89.6 cm³/mol. The molecular formula is C17H15N3OS.